The van der Waals surface area contributed by atoms with Gasteiger partial charge in [0.2, 0.25) is 0 Å². The second-order valence-corrected chi connectivity index (χ2v) is 4.98. The van der Waals surface area contributed by atoms with E-state index < -0.39 is 0 Å². The van der Waals surface area contributed by atoms with Crippen LogP contribution in [0.15, 0.2) is 29.2 Å². The molecule has 0 radical (unpaired) electrons. The van der Waals surface area contributed by atoms with Crippen molar-refractivity contribution >= 4 is 10.8 Å². The van der Waals surface area contributed by atoms with Gasteiger partial charge in [-0.15, -0.1) is 0 Å². The van der Waals surface area contributed by atoms with E-state index in [0.29, 0.717) is 22.8 Å². The first kappa shape index (κ1) is 12.1. The third-order valence-corrected chi connectivity index (χ3v) is 3.65. The molecule has 0 amide bonds. The van der Waals surface area contributed by atoms with Gasteiger partial charge in [0.1, 0.15) is 0 Å². The molecule has 1 saturated carbocycles. The van der Waals surface area contributed by atoms with Crippen molar-refractivity contribution in [1.82, 2.24) is 4.57 Å². The SMILES string of the molecule is COc1ccc2c(=O)n(CC3CC3)ccc2c1OC. The molecule has 2 aromatic rings. The summed E-state index contributed by atoms with van der Waals surface area (Å²) in [7, 11) is 3.19. The first-order valence-corrected chi connectivity index (χ1v) is 6.48. The summed E-state index contributed by atoms with van der Waals surface area (Å²) in [4.78, 5) is 12.4. The highest BCUT2D eigenvalue weighted by Gasteiger charge is 2.22. The molecule has 0 aliphatic heterocycles. The molecule has 0 saturated heterocycles. The molecule has 1 aromatic heterocycles. The van der Waals surface area contributed by atoms with Crippen LogP contribution in [0.2, 0.25) is 0 Å². The number of hydrogen-bond donors (Lipinski definition) is 0. The summed E-state index contributed by atoms with van der Waals surface area (Å²) in [6.45, 7) is 0.823. The normalized spacial score (nSPS) is 14.6. The third kappa shape index (κ3) is 2.07. The van der Waals surface area contributed by atoms with Crippen molar-refractivity contribution in [1.29, 1.82) is 0 Å². The zero-order chi connectivity index (χ0) is 13.4. The van der Waals surface area contributed by atoms with E-state index in [1.165, 1.54) is 12.8 Å². The molecule has 0 N–H and O–H groups in total. The maximum atomic E-state index is 12.4. The molecule has 1 aromatic carbocycles. The molecule has 4 nitrogen and oxygen atoms in total. The Morgan fingerprint density at radius 3 is 2.58 bits per heavy atom. The number of hydrogen-bond acceptors (Lipinski definition) is 3. The van der Waals surface area contributed by atoms with E-state index in [1.807, 2.05) is 18.3 Å². The van der Waals surface area contributed by atoms with Crippen molar-refractivity contribution in [2.45, 2.75) is 19.4 Å². The molecule has 19 heavy (non-hydrogen) atoms. The number of pyridine rings is 1. The maximum Gasteiger partial charge on any atom is 0.258 e. The van der Waals surface area contributed by atoms with Gasteiger partial charge in [-0.3, -0.25) is 4.79 Å². The smallest absolute Gasteiger partial charge is 0.258 e. The van der Waals surface area contributed by atoms with Crippen LogP contribution in [0, 0.1) is 5.92 Å². The summed E-state index contributed by atoms with van der Waals surface area (Å²) in [5, 5.41) is 1.49. The van der Waals surface area contributed by atoms with Gasteiger partial charge >= 0.3 is 0 Å². The lowest BCUT2D eigenvalue weighted by atomic mass is 10.1. The van der Waals surface area contributed by atoms with Gasteiger partial charge in [0.25, 0.3) is 5.56 Å². The number of fused-ring (bicyclic) bond motifs is 1. The zero-order valence-electron chi connectivity index (χ0n) is 11.2. The van der Waals surface area contributed by atoms with Crippen LogP contribution in [0.4, 0.5) is 0 Å². The molecule has 1 heterocycles. The molecular formula is C15H17NO3. The molecule has 3 rings (SSSR count). The number of nitrogens with zero attached hydrogens (tertiary/aromatic N) is 1. The topological polar surface area (TPSA) is 40.5 Å². The molecule has 0 bridgehead atoms. The number of methoxy groups -OCH3 is 2. The van der Waals surface area contributed by atoms with Crippen molar-refractivity contribution < 1.29 is 9.47 Å². The monoisotopic (exact) mass is 259 g/mol. The van der Waals surface area contributed by atoms with E-state index in [-0.39, 0.29) is 5.56 Å². The highest BCUT2D eigenvalue weighted by molar-refractivity contribution is 5.90. The van der Waals surface area contributed by atoms with Gasteiger partial charge in [-0.1, -0.05) is 0 Å². The second-order valence-electron chi connectivity index (χ2n) is 4.98. The van der Waals surface area contributed by atoms with E-state index in [0.717, 1.165) is 11.9 Å². The summed E-state index contributed by atoms with van der Waals surface area (Å²) in [5.74, 6) is 1.94. The van der Waals surface area contributed by atoms with Gasteiger partial charge in [-0.05, 0) is 37.0 Å². The Bertz CT molecular complexity index is 671. The summed E-state index contributed by atoms with van der Waals surface area (Å²) in [5.41, 5.74) is 0.0466. The minimum Gasteiger partial charge on any atom is -0.493 e. The Hall–Kier alpha value is -1.97. The van der Waals surface area contributed by atoms with Crippen molar-refractivity contribution in [2.24, 2.45) is 5.92 Å². The van der Waals surface area contributed by atoms with Crippen LogP contribution in [0.3, 0.4) is 0 Å². The molecule has 1 aliphatic rings. The molecule has 0 spiro atoms. The Balaban J connectivity index is 2.18. The summed E-state index contributed by atoms with van der Waals surface area (Å²) < 4.78 is 12.4. The van der Waals surface area contributed by atoms with Crippen LogP contribution in [0.1, 0.15) is 12.8 Å². The molecule has 100 valence electrons. The van der Waals surface area contributed by atoms with Crippen LogP contribution < -0.4 is 15.0 Å². The average Bonchev–Trinajstić information content (AvgIpc) is 3.24. The van der Waals surface area contributed by atoms with E-state index in [2.05, 4.69) is 0 Å². The van der Waals surface area contributed by atoms with Gasteiger partial charge in [-0.2, -0.15) is 0 Å². The van der Waals surface area contributed by atoms with E-state index in [9.17, 15) is 4.79 Å². The Labute approximate surface area is 111 Å². The lowest BCUT2D eigenvalue weighted by Crippen LogP contribution is -2.20. The van der Waals surface area contributed by atoms with Gasteiger partial charge < -0.3 is 14.0 Å². The zero-order valence-corrected chi connectivity index (χ0v) is 11.2. The lowest BCUT2D eigenvalue weighted by Gasteiger charge is -2.12. The highest BCUT2D eigenvalue weighted by atomic mass is 16.5. The Kier molecular flexibility index (Phi) is 2.93. The van der Waals surface area contributed by atoms with Crippen molar-refractivity contribution in [3.63, 3.8) is 0 Å². The number of rotatable bonds is 4. The standard InChI is InChI=1S/C15H17NO3/c1-18-13-6-5-12-11(14(13)19-2)7-8-16(15(12)17)9-10-3-4-10/h5-8,10H,3-4,9H2,1-2H3. The fourth-order valence-corrected chi connectivity index (χ4v) is 2.41. The Morgan fingerprint density at radius 1 is 1.16 bits per heavy atom. The number of aromatic nitrogens is 1. The minimum absolute atomic E-state index is 0.0466. The molecule has 1 fully saturated rings. The largest absolute Gasteiger partial charge is 0.493 e. The number of ether oxygens (including phenoxy) is 2. The lowest BCUT2D eigenvalue weighted by molar-refractivity contribution is 0.358. The van der Waals surface area contributed by atoms with Crippen molar-refractivity contribution in [3.05, 3.63) is 34.7 Å². The first-order valence-electron chi connectivity index (χ1n) is 6.48. The number of benzene rings is 1. The van der Waals surface area contributed by atoms with Crippen molar-refractivity contribution in [3.8, 4) is 11.5 Å². The third-order valence-electron chi connectivity index (χ3n) is 3.65. The average molecular weight is 259 g/mol. The molecule has 4 heteroatoms. The fraction of sp³-hybridized carbons (Fsp3) is 0.400. The molecule has 0 atom stereocenters. The first-order chi connectivity index (χ1) is 9.24. The Morgan fingerprint density at radius 2 is 1.95 bits per heavy atom. The second kappa shape index (κ2) is 4.61. The van der Waals surface area contributed by atoms with Crippen LogP contribution in [0.5, 0.6) is 11.5 Å². The van der Waals surface area contributed by atoms with E-state index >= 15 is 0 Å². The predicted octanol–water partition coefficient (Wildman–Crippen LogP) is 2.43. The molecule has 0 unspecified atom stereocenters. The van der Waals surface area contributed by atoms with Crippen LogP contribution >= 0.6 is 0 Å². The summed E-state index contributed by atoms with van der Waals surface area (Å²) in [6, 6.07) is 5.52. The van der Waals surface area contributed by atoms with Crippen molar-refractivity contribution in [2.75, 3.05) is 14.2 Å². The highest BCUT2D eigenvalue weighted by Crippen LogP contribution is 2.34. The summed E-state index contributed by atoms with van der Waals surface area (Å²) in [6.07, 6.45) is 4.32. The predicted molar refractivity (Wildman–Crippen MR) is 74.0 cm³/mol. The quantitative estimate of drug-likeness (QED) is 0.846. The van der Waals surface area contributed by atoms with Crippen LogP contribution in [-0.2, 0) is 6.54 Å². The summed E-state index contributed by atoms with van der Waals surface area (Å²) >= 11 is 0. The molecule has 1 aliphatic carbocycles. The van der Waals surface area contributed by atoms with Crippen LogP contribution in [0.25, 0.3) is 10.8 Å². The fourth-order valence-electron chi connectivity index (χ4n) is 2.41. The van der Waals surface area contributed by atoms with E-state index in [4.69, 9.17) is 9.47 Å². The van der Waals surface area contributed by atoms with Gasteiger partial charge in [0, 0.05) is 18.1 Å². The van der Waals surface area contributed by atoms with Gasteiger partial charge in [0.05, 0.1) is 19.6 Å². The van der Waals surface area contributed by atoms with Gasteiger partial charge in [0.15, 0.2) is 11.5 Å². The van der Waals surface area contributed by atoms with E-state index in [1.54, 1.807) is 24.9 Å². The minimum atomic E-state index is 0.0466. The maximum absolute atomic E-state index is 12.4. The van der Waals surface area contributed by atoms with Gasteiger partial charge in [-0.25, -0.2) is 0 Å². The van der Waals surface area contributed by atoms with Crippen LogP contribution in [-0.4, -0.2) is 18.8 Å². The molecular weight excluding hydrogens is 242 g/mol.